The molecular formula is C25H17NO6. The smallest absolute Gasteiger partial charge is 0.291 e. The Bertz CT molecular complexity index is 1460. The van der Waals surface area contributed by atoms with Gasteiger partial charge in [-0.25, -0.2) is 0 Å². The molecule has 3 aromatic carbocycles. The summed E-state index contributed by atoms with van der Waals surface area (Å²) in [6.07, 6.45) is 0. The second-order valence-corrected chi connectivity index (χ2v) is 7.79. The fourth-order valence-corrected chi connectivity index (χ4v) is 4.41. The molecule has 158 valence electrons. The highest BCUT2D eigenvalue weighted by Crippen LogP contribution is 2.41. The number of amides is 1. The quantitative estimate of drug-likeness (QED) is 0.532. The van der Waals surface area contributed by atoms with Gasteiger partial charge >= 0.3 is 0 Å². The summed E-state index contributed by atoms with van der Waals surface area (Å²) < 4.78 is 16.8. The third kappa shape index (κ3) is 2.75. The van der Waals surface area contributed by atoms with Crippen LogP contribution in [0.5, 0.6) is 17.2 Å². The molecule has 0 spiro atoms. The van der Waals surface area contributed by atoms with E-state index in [1.54, 1.807) is 59.5 Å². The topological polar surface area (TPSA) is 89.2 Å². The molecule has 0 bridgehead atoms. The van der Waals surface area contributed by atoms with Crippen LogP contribution < -0.4 is 14.9 Å². The lowest BCUT2D eigenvalue weighted by Crippen LogP contribution is -2.29. The van der Waals surface area contributed by atoms with Crippen LogP contribution in [0.3, 0.4) is 0 Å². The van der Waals surface area contributed by atoms with Crippen LogP contribution in [0.2, 0.25) is 0 Å². The summed E-state index contributed by atoms with van der Waals surface area (Å²) >= 11 is 0. The lowest BCUT2D eigenvalue weighted by atomic mass is 9.98. The third-order valence-electron chi connectivity index (χ3n) is 5.85. The zero-order valence-corrected chi connectivity index (χ0v) is 16.8. The number of ether oxygens (including phenoxy) is 2. The molecule has 1 aromatic heterocycles. The van der Waals surface area contributed by atoms with E-state index in [4.69, 9.17) is 13.9 Å². The number of carbonyl (C=O) groups excluding carboxylic acids is 1. The van der Waals surface area contributed by atoms with Crippen molar-refractivity contribution in [3.63, 3.8) is 0 Å². The van der Waals surface area contributed by atoms with E-state index in [0.29, 0.717) is 28.0 Å². The Morgan fingerprint density at radius 2 is 1.78 bits per heavy atom. The molecule has 1 atom stereocenters. The summed E-state index contributed by atoms with van der Waals surface area (Å²) in [5, 5.41) is 10.5. The Balaban J connectivity index is 1.52. The lowest BCUT2D eigenvalue weighted by molar-refractivity contribution is 0.0714. The van der Waals surface area contributed by atoms with Gasteiger partial charge in [0.1, 0.15) is 11.3 Å². The van der Waals surface area contributed by atoms with E-state index in [9.17, 15) is 14.7 Å². The zero-order valence-electron chi connectivity index (χ0n) is 16.8. The minimum atomic E-state index is -0.698. The maximum atomic E-state index is 13.5. The van der Waals surface area contributed by atoms with Gasteiger partial charge in [-0.05, 0) is 47.5 Å². The van der Waals surface area contributed by atoms with Crippen LogP contribution in [0, 0.1) is 0 Å². The number of hydrogen-bond donors (Lipinski definition) is 1. The minimum absolute atomic E-state index is 0.0304. The van der Waals surface area contributed by atoms with Gasteiger partial charge < -0.3 is 23.9 Å². The van der Waals surface area contributed by atoms with E-state index in [2.05, 4.69) is 0 Å². The number of rotatable bonds is 3. The van der Waals surface area contributed by atoms with Crippen LogP contribution in [0.4, 0.5) is 0 Å². The second kappa shape index (κ2) is 6.88. The van der Waals surface area contributed by atoms with E-state index in [-0.39, 0.29) is 41.7 Å². The van der Waals surface area contributed by atoms with Crippen molar-refractivity contribution in [2.24, 2.45) is 0 Å². The first-order valence-corrected chi connectivity index (χ1v) is 10.1. The van der Waals surface area contributed by atoms with Crippen LogP contribution in [0.15, 0.2) is 75.9 Å². The Kier molecular flexibility index (Phi) is 3.98. The van der Waals surface area contributed by atoms with Gasteiger partial charge in [0.05, 0.1) is 17.0 Å². The molecular weight excluding hydrogens is 410 g/mol. The van der Waals surface area contributed by atoms with Gasteiger partial charge in [-0.1, -0.05) is 30.3 Å². The molecule has 7 nitrogen and oxygen atoms in total. The van der Waals surface area contributed by atoms with Gasteiger partial charge in [-0.2, -0.15) is 0 Å². The van der Waals surface area contributed by atoms with Gasteiger partial charge in [0.2, 0.25) is 12.6 Å². The highest BCUT2D eigenvalue weighted by molar-refractivity contribution is 5.99. The van der Waals surface area contributed by atoms with E-state index in [1.165, 1.54) is 0 Å². The third-order valence-corrected chi connectivity index (χ3v) is 5.85. The van der Waals surface area contributed by atoms with Crippen molar-refractivity contribution in [2.45, 2.75) is 12.6 Å². The van der Waals surface area contributed by atoms with Crippen molar-refractivity contribution in [3.8, 4) is 17.2 Å². The summed E-state index contributed by atoms with van der Waals surface area (Å²) in [6.45, 7) is 0.375. The average Bonchev–Trinajstić information content (AvgIpc) is 3.37. The first-order valence-electron chi connectivity index (χ1n) is 10.1. The normalized spacial score (nSPS) is 16.6. The molecule has 0 saturated heterocycles. The summed E-state index contributed by atoms with van der Waals surface area (Å²) in [5.41, 5.74) is 1.83. The molecule has 2 aliphatic rings. The maximum Gasteiger partial charge on any atom is 0.291 e. The molecule has 6 rings (SSSR count). The van der Waals surface area contributed by atoms with E-state index in [0.717, 1.165) is 5.56 Å². The number of carbonyl (C=O) groups is 1. The van der Waals surface area contributed by atoms with Gasteiger partial charge in [0, 0.05) is 6.54 Å². The minimum Gasteiger partial charge on any atom is -0.508 e. The first kappa shape index (κ1) is 18.5. The molecule has 0 saturated carbocycles. The van der Waals surface area contributed by atoms with Crippen LogP contribution >= 0.6 is 0 Å². The largest absolute Gasteiger partial charge is 0.508 e. The summed E-state index contributed by atoms with van der Waals surface area (Å²) in [5.74, 6) is 0.964. The fourth-order valence-electron chi connectivity index (χ4n) is 4.41. The summed E-state index contributed by atoms with van der Waals surface area (Å²) in [7, 11) is 0. The number of hydrogen-bond acceptors (Lipinski definition) is 6. The SMILES string of the molecule is O=C1c2oc3ccccc3c(=O)c2[C@@H](c2cccc(O)c2)N1Cc1ccc2c(c1)OCO2. The van der Waals surface area contributed by atoms with Crippen molar-refractivity contribution in [3.05, 3.63) is 99.4 Å². The fraction of sp³-hybridized carbons (Fsp3) is 0.120. The van der Waals surface area contributed by atoms with Gasteiger partial charge in [-0.3, -0.25) is 9.59 Å². The number of para-hydroxylation sites is 1. The van der Waals surface area contributed by atoms with Gasteiger partial charge in [0.25, 0.3) is 5.91 Å². The molecule has 2 aliphatic heterocycles. The first-order chi connectivity index (χ1) is 15.6. The highest BCUT2D eigenvalue weighted by atomic mass is 16.7. The molecule has 0 aliphatic carbocycles. The van der Waals surface area contributed by atoms with Crippen molar-refractivity contribution >= 4 is 16.9 Å². The summed E-state index contributed by atoms with van der Waals surface area (Å²) in [4.78, 5) is 28.5. The van der Waals surface area contributed by atoms with E-state index >= 15 is 0 Å². The number of nitrogens with zero attached hydrogens (tertiary/aromatic N) is 1. The molecule has 32 heavy (non-hydrogen) atoms. The Labute approximate surface area is 182 Å². The second-order valence-electron chi connectivity index (χ2n) is 7.79. The molecule has 7 heteroatoms. The summed E-state index contributed by atoms with van der Waals surface area (Å²) in [6, 6.07) is 18.2. The number of phenolic OH excluding ortho intramolecular Hbond substituents is 1. The predicted molar refractivity (Wildman–Crippen MR) is 115 cm³/mol. The number of fused-ring (bicyclic) bond motifs is 3. The van der Waals surface area contributed by atoms with Crippen molar-refractivity contribution in [2.75, 3.05) is 6.79 Å². The predicted octanol–water partition coefficient (Wildman–Crippen LogP) is 3.97. The van der Waals surface area contributed by atoms with Gasteiger partial charge in [-0.15, -0.1) is 0 Å². The number of phenols is 1. The maximum absolute atomic E-state index is 13.5. The van der Waals surface area contributed by atoms with Crippen LogP contribution in [-0.4, -0.2) is 22.7 Å². The Hall–Kier alpha value is -4.26. The molecule has 0 fully saturated rings. The zero-order chi connectivity index (χ0) is 21.8. The monoisotopic (exact) mass is 427 g/mol. The Morgan fingerprint density at radius 3 is 2.66 bits per heavy atom. The van der Waals surface area contributed by atoms with Crippen LogP contribution in [0.1, 0.15) is 33.3 Å². The van der Waals surface area contributed by atoms with Crippen LogP contribution in [-0.2, 0) is 6.54 Å². The van der Waals surface area contributed by atoms with Crippen molar-refractivity contribution < 1.29 is 23.8 Å². The van der Waals surface area contributed by atoms with Crippen molar-refractivity contribution in [1.29, 1.82) is 0 Å². The standard InChI is InChI=1S/C25H17NO6/c27-16-5-3-4-15(11-16)22-21-23(28)17-6-1-2-7-18(17)32-24(21)25(29)26(22)12-14-8-9-19-20(10-14)31-13-30-19/h1-11,22,27H,12-13H2/t22-/m1/s1. The highest BCUT2D eigenvalue weighted by Gasteiger charge is 2.42. The number of benzene rings is 3. The molecule has 3 heterocycles. The average molecular weight is 427 g/mol. The molecule has 1 amide bonds. The molecule has 4 aromatic rings. The van der Waals surface area contributed by atoms with Crippen molar-refractivity contribution in [1.82, 2.24) is 4.90 Å². The number of aromatic hydroxyl groups is 1. The van der Waals surface area contributed by atoms with E-state index in [1.807, 2.05) is 12.1 Å². The molecule has 0 radical (unpaired) electrons. The lowest BCUT2D eigenvalue weighted by Gasteiger charge is -2.25. The molecule has 1 N–H and O–H groups in total. The molecule has 0 unspecified atom stereocenters. The Morgan fingerprint density at radius 1 is 0.938 bits per heavy atom. The van der Waals surface area contributed by atoms with Crippen LogP contribution in [0.25, 0.3) is 11.0 Å². The van der Waals surface area contributed by atoms with E-state index < -0.39 is 6.04 Å². The van der Waals surface area contributed by atoms with Gasteiger partial charge in [0.15, 0.2) is 16.9 Å².